The Morgan fingerprint density at radius 2 is 1.95 bits per heavy atom. The van der Waals surface area contributed by atoms with Crippen molar-refractivity contribution in [2.45, 2.75) is 26.3 Å². The molecule has 0 saturated carbocycles. The summed E-state index contributed by atoms with van der Waals surface area (Å²) in [6, 6.07) is 12.1. The van der Waals surface area contributed by atoms with Crippen molar-refractivity contribution in [3.05, 3.63) is 54.0 Å². The second-order valence-corrected chi connectivity index (χ2v) is 5.05. The summed E-state index contributed by atoms with van der Waals surface area (Å²) in [5.74, 6) is 1.94. The summed E-state index contributed by atoms with van der Waals surface area (Å²) in [5.41, 5.74) is 3.17. The van der Waals surface area contributed by atoms with Crippen LogP contribution in [0.15, 0.2) is 42.6 Å². The molecule has 108 valence electrons. The van der Waals surface area contributed by atoms with Gasteiger partial charge in [0.1, 0.15) is 17.1 Å². The van der Waals surface area contributed by atoms with Crippen molar-refractivity contribution in [2.24, 2.45) is 0 Å². The first-order valence-corrected chi connectivity index (χ1v) is 7.25. The van der Waals surface area contributed by atoms with Gasteiger partial charge in [0.15, 0.2) is 5.65 Å². The Morgan fingerprint density at radius 3 is 2.67 bits per heavy atom. The average molecular weight is 281 g/mol. The number of benzene rings is 1. The van der Waals surface area contributed by atoms with Gasteiger partial charge in [-0.15, -0.1) is 0 Å². The average Bonchev–Trinajstić information content (AvgIpc) is 2.86. The fourth-order valence-corrected chi connectivity index (χ4v) is 2.52. The highest BCUT2D eigenvalue weighted by Crippen LogP contribution is 2.19. The predicted molar refractivity (Wildman–Crippen MR) is 83.6 cm³/mol. The molecule has 1 aromatic carbocycles. The molecule has 0 unspecified atom stereocenters. The van der Waals surface area contributed by atoms with Crippen LogP contribution in [-0.2, 0) is 13.0 Å². The van der Waals surface area contributed by atoms with Crippen molar-refractivity contribution in [3.8, 4) is 5.75 Å². The molecule has 3 aromatic rings. The van der Waals surface area contributed by atoms with Crippen molar-refractivity contribution in [1.82, 2.24) is 14.5 Å². The summed E-state index contributed by atoms with van der Waals surface area (Å²) in [4.78, 5) is 9.21. The lowest BCUT2D eigenvalue weighted by Crippen LogP contribution is -2.05. The lowest BCUT2D eigenvalue weighted by atomic mass is 10.1. The van der Waals surface area contributed by atoms with E-state index in [1.165, 1.54) is 5.56 Å². The molecular formula is C17H19N3O. The maximum Gasteiger partial charge on any atom is 0.159 e. The van der Waals surface area contributed by atoms with Gasteiger partial charge in [0.05, 0.1) is 7.11 Å². The third-order valence-corrected chi connectivity index (χ3v) is 3.55. The van der Waals surface area contributed by atoms with Gasteiger partial charge in [-0.2, -0.15) is 0 Å². The molecule has 2 heterocycles. The van der Waals surface area contributed by atoms with Crippen molar-refractivity contribution in [1.29, 1.82) is 0 Å². The van der Waals surface area contributed by atoms with Crippen LogP contribution in [0.25, 0.3) is 11.2 Å². The molecule has 3 rings (SSSR count). The van der Waals surface area contributed by atoms with Gasteiger partial charge in [-0.1, -0.05) is 19.1 Å². The summed E-state index contributed by atoms with van der Waals surface area (Å²) in [5, 5.41) is 0. The van der Waals surface area contributed by atoms with Gasteiger partial charge in [-0.3, -0.25) is 0 Å². The Balaban J connectivity index is 1.96. The molecule has 0 aliphatic heterocycles. The van der Waals surface area contributed by atoms with Crippen molar-refractivity contribution in [2.75, 3.05) is 7.11 Å². The van der Waals surface area contributed by atoms with Crippen LogP contribution in [0.2, 0.25) is 0 Å². The molecule has 0 aliphatic rings. The number of aryl methyl sites for hydroxylation is 1. The van der Waals surface area contributed by atoms with Crippen LogP contribution in [0, 0.1) is 0 Å². The number of fused-ring (bicyclic) bond motifs is 1. The number of nitrogens with zero attached hydrogens (tertiary/aromatic N) is 3. The number of aromatic nitrogens is 3. The predicted octanol–water partition coefficient (Wildman–Crippen LogP) is 3.44. The first-order valence-electron chi connectivity index (χ1n) is 7.25. The van der Waals surface area contributed by atoms with Gasteiger partial charge in [0, 0.05) is 19.2 Å². The molecule has 0 aliphatic carbocycles. The molecule has 4 nitrogen and oxygen atoms in total. The number of pyridine rings is 1. The first-order chi connectivity index (χ1) is 10.3. The monoisotopic (exact) mass is 281 g/mol. The van der Waals surface area contributed by atoms with Crippen LogP contribution >= 0.6 is 0 Å². The summed E-state index contributed by atoms with van der Waals surface area (Å²) >= 11 is 0. The lowest BCUT2D eigenvalue weighted by Gasteiger charge is -2.07. The standard InChI is InChI=1S/C17H19N3O/c1-3-11-20-16(19-15-5-4-10-18-17(15)20)12-13-6-8-14(21-2)9-7-13/h4-10H,3,11-12H2,1-2H3. The molecular weight excluding hydrogens is 262 g/mol. The zero-order chi connectivity index (χ0) is 14.7. The molecule has 0 radical (unpaired) electrons. The lowest BCUT2D eigenvalue weighted by molar-refractivity contribution is 0.414. The molecule has 0 N–H and O–H groups in total. The summed E-state index contributed by atoms with van der Waals surface area (Å²) < 4.78 is 7.42. The van der Waals surface area contributed by atoms with Crippen LogP contribution < -0.4 is 4.74 Å². The highest BCUT2D eigenvalue weighted by atomic mass is 16.5. The molecule has 21 heavy (non-hydrogen) atoms. The van der Waals surface area contributed by atoms with Gasteiger partial charge in [0.2, 0.25) is 0 Å². The zero-order valence-corrected chi connectivity index (χ0v) is 12.4. The number of ether oxygens (including phenoxy) is 1. The summed E-state index contributed by atoms with van der Waals surface area (Å²) in [6.45, 7) is 3.12. The molecule has 0 amide bonds. The molecule has 0 fully saturated rings. The Morgan fingerprint density at radius 1 is 1.14 bits per heavy atom. The third kappa shape index (κ3) is 2.75. The molecule has 0 atom stereocenters. The van der Waals surface area contributed by atoms with Crippen LogP contribution in [0.4, 0.5) is 0 Å². The number of rotatable bonds is 5. The normalized spacial score (nSPS) is 11.0. The van der Waals surface area contributed by atoms with E-state index in [4.69, 9.17) is 9.72 Å². The third-order valence-electron chi connectivity index (χ3n) is 3.55. The first kappa shape index (κ1) is 13.6. The van der Waals surface area contributed by atoms with Crippen LogP contribution in [0.1, 0.15) is 24.7 Å². The van der Waals surface area contributed by atoms with E-state index in [-0.39, 0.29) is 0 Å². The molecule has 0 bridgehead atoms. The number of imidazole rings is 1. The van der Waals surface area contributed by atoms with E-state index in [0.717, 1.165) is 42.1 Å². The molecule has 2 aromatic heterocycles. The van der Waals surface area contributed by atoms with Gasteiger partial charge in [-0.25, -0.2) is 9.97 Å². The Hall–Kier alpha value is -2.36. The van der Waals surface area contributed by atoms with Crippen molar-refractivity contribution in [3.63, 3.8) is 0 Å². The minimum atomic E-state index is 0.806. The number of hydrogen-bond donors (Lipinski definition) is 0. The fraction of sp³-hybridized carbons (Fsp3) is 0.294. The van der Waals surface area contributed by atoms with Crippen molar-refractivity contribution < 1.29 is 4.74 Å². The maximum atomic E-state index is 5.20. The van der Waals surface area contributed by atoms with Gasteiger partial charge < -0.3 is 9.30 Å². The highest BCUT2D eigenvalue weighted by molar-refractivity contribution is 5.71. The Kier molecular flexibility index (Phi) is 3.86. The number of methoxy groups -OCH3 is 1. The zero-order valence-electron chi connectivity index (χ0n) is 12.4. The smallest absolute Gasteiger partial charge is 0.159 e. The van der Waals surface area contributed by atoms with E-state index in [9.17, 15) is 0 Å². The molecule has 0 spiro atoms. The van der Waals surface area contributed by atoms with Gasteiger partial charge >= 0.3 is 0 Å². The van der Waals surface area contributed by atoms with E-state index in [1.807, 2.05) is 30.5 Å². The Bertz CT molecular complexity index is 731. The van der Waals surface area contributed by atoms with Crippen molar-refractivity contribution >= 4 is 11.2 Å². The Labute approximate surface area is 124 Å². The van der Waals surface area contributed by atoms with E-state index in [1.54, 1.807) is 7.11 Å². The SMILES string of the molecule is CCCn1c(Cc2ccc(OC)cc2)nc2cccnc21. The second kappa shape index (κ2) is 5.95. The minimum Gasteiger partial charge on any atom is -0.497 e. The van der Waals surface area contributed by atoms with E-state index in [2.05, 4.69) is 28.6 Å². The highest BCUT2D eigenvalue weighted by Gasteiger charge is 2.11. The van der Waals surface area contributed by atoms with Gasteiger partial charge in [-0.05, 0) is 36.2 Å². The molecule has 4 heteroatoms. The molecule has 0 saturated heterocycles. The summed E-state index contributed by atoms with van der Waals surface area (Å²) in [6.07, 6.45) is 3.70. The van der Waals surface area contributed by atoms with E-state index in [0.29, 0.717) is 0 Å². The largest absolute Gasteiger partial charge is 0.497 e. The summed E-state index contributed by atoms with van der Waals surface area (Å²) in [7, 11) is 1.68. The van der Waals surface area contributed by atoms with E-state index >= 15 is 0 Å². The second-order valence-electron chi connectivity index (χ2n) is 5.05. The maximum absolute atomic E-state index is 5.20. The minimum absolute atomic E-state index is 0.806. The number of hydrogen-bond acceptors (Lipinski definition) is 3. The van der Waals surface area contributed by atoms with Crippen LogP contribution in [-0.4, -0.2) is 21.6 Å². The quantitative estimate of drug-likeness (QED) is 0.719. The van der Waals surface area contributed by atoms with Gasteiger partial charge in [0.25, 0.3) is 0 Å². The van der Waals surface area contributed by atoms with E-state index < -0.39 is 0 Å². The topological polar surface area (TPSA) is 39.9 Å². The van der Waals surface area contributed by atoms with Crippen LogP contribution in [0.3, 0.4) is 0 Å². The van der Waals surface area contributed by atoms with Crippen LogP contribution in [0.5, 0.6) is 5.75 Å². The fourth-order valence-electron chi connectivity index (χ4n) is 2.52.